The number of nitrogens with zero attached hydrogens (tertiary/aromatic N) is 3. The number of hydrogen-bond donors (Lipinski definition) is 2. The van der Waals surface area contributed by atoms with Crippen LogP contribution in [-0.2, 0) is 4.74 Å². The first kappa shape index (κ1) is 19.0. The molecule has 0 spiro atoms. The van der Waals surface area contributed by atoms with Crippen molar-refractivity contribution in [2.24, 2.45) is 5.41 Å². The number of rotatable bonds is 7. The Morgan fingerprint density at radius 2 is 2.12 bits per heavy atom. The molecule has 2 heterocycles. The summed E-state index contributed by atoms with van der Waals surface area (Å²) in [5.74, 6) is 0.871. The number of carbonyl (C=O) groups excluding carboxylic acids is 1. The maximum absolute atomic E-state index is 12.0. The molecule has 1 aromatic heterocycles. The van der Waals surface area contributed by atoms with Crippen LogP contribution in [0, 0.1) is 19.3 Å². The number of aryl methyl sites for hydroxylation is 1. The Kier molecular flexibility index (Phi) is 5.48. The van der Waals surface area contributed by atoms with E-state index >= 15 is 0 Å². The van der Waals surface area contributed by atoms with E-state index in [-0.39, 0.29) is 11.7 Å². The Hall–Kier alpha value is -1.73. The molecule has 1 saturated carbocycles. The fraction of sp³-hybridized carbons (Fsp3) is 0.737. The normalized spacial score (nSPS) is 22.3. The molecule has 1 aromatic rings. The van der Waals surface area contributed by atoms with Crippen LogP contribution in [0.15, 0.2) is 0 Å². The fourth-order valence-electron chi connectivity index (χ4n) is 3.67. The van der Waals surface area contributed by atoms with E-state index in [1.54, 1.807) is 14.2 Å². The van der Waals surface area contributed by atoms with Gasteiger partial charge in [0.2, 0.25) is 5.82 Å². The summed E-state index contributed by atoms with van der Waals surface area (Å²) >= 11 is 0. The number of hydrogen-bond acceptors (Lipinski definition) is 6. The van der Waals surface area contributed by atoms with Crippen LogP contribution >= 0.6 is 0 Å². The van der Waals surface area contributed by atoms with Crippen molar-refractivity contribution in [2.45, 2.75) is 52.1 Å². The number of nitrogens with one attached hydrogen (secondary N) is 2. The Morgan fingerprint density at radius 1 is 1.38 bits per heavy atom. The largest absolute Gasteiger partial charge is 0.383 e. The van der Waals surface area contributed by atoms with Gasteiger partial charge in [-0.15, -0.1) is 0 Å². The minimum Gasteiger partial charge on any atom is -0.383 e. The molecule has 7 heteroatoms. The molecule has 1 aliphatic heterocycles. The standard InChI is InChI=1S/C19H31N5O2/c1-12-13(2)21-16(18(25)20-4)23-17(12)24-9-6-14(10-24)22-15(11-26-5)19(3)7-8-19/h14-15,22H,6-11H2,1-5H3,(H,20,25)/t14-,15?/m1/s1. The summed E-state index contributed by atoms with van der Waals surface area (Å²) in [7, 11) is 3.37. The van der Waals surface area contributed by atoms with Crippen LogP contribution in [0.3, 0.4) is 0 Å². The van der Waals surface area contributed by atoms with E-state index in [1.165, 1.54) is 12.8 Å². The molecule has 0 bridgehead atoms. The molecule has 1 saturated heterocycles. The predicted molar refractivity (Wildman–Crippen MR) is 102 cm³/mol. The molecule has 2 atom stereocenters. The van der Waals surface area contributed by atoms with Gasteiger partial charge in [-0.25, -0.2) is 9.97 Å². The summed E-state index contributed by atoms with van der Waals surface area (Å²) < 4.78 is 5.44. The van der Waals surface area contributed by atoms with Gasteiger partial charge >= 0.3 is 0 Å². The van der Waals surface area contributed by atoms with Crippen molar-refractivity contribution in [2.75, 3.05) is 38.8 Å². The quantitative estimate of drug-likeness (QED) is 0.765. The van der Waals surface area contributed by atoms with Crippen molar-refractivity contribution < 1.29 is 9.53 Å². The van der Waals surface area contributed by atoms with Crippen molar-refractivity contribution in [3.63, 3.8) is 0 Å². The average molecular weight is 361 g/mol. The molecule has 2 fully saturated rings. The third-order valence-electron chi connectivity index (χ3n) is 5.93. The van der Waals surface area contributed by atoms with Crippen LogP contribution in [0.25, 0.3) is 0 Å². The van der Waals surface area contributed by atoms with E-state index in [1.807, 2.05) is 13.8 Å². The van der Waals surface area contributed by atoms with Gasteiger partial charge in [-0.3, -0.25) is 4.79 Å². The van der Waals surface area contributed by atoms with Gasteiger partial charge in [0.25, 0.3) is 5.91 Å². The zero-order chi connectivity index (χ0) is 18.9. The van der Waals surface area contributed by atoms with Gasteiger partial charge in [-0.05, 0) is 38.5 Å². The van der Waals surface area contributed by atoms with E-state index in [0.29, 0.717) is 17.5 Å². The minimum atomic E-state index is -0.245. The lowest BCUT2D eigenvalue weighted by molar-refractivity contribution is 0.0952. The first-order valence-electron chi connectivity index (χ1n) is 9.45. The van der Waals surface area contributed by atoms with E-state index in [9.17, 15) is 4.79 Å². The summed E-state index contributed by atoms with van der Waals surface area (Å²) in [5.41, 5.74) is 2.27. The number of anilines is 1. The Morgan fingerprint density at radius 3 is 2.73 bits per heavy atom. The SMILES string of the molecule is CNC(=O)c1nc(C)c(C)c(N2CC[C@@H](NC(COC)C3(C)CC3)C2)n1. The lowest BCUT2D eigenvalue weighted by Crippen LogP contribution is -2.47. The highest BCUT2D eigenvalue weighted by Gasteiger charge is 2.45. The molecule has 0 radical (unpaired) electrons. The van der Waals surface area contributed by atoms with Gasteiger partial charge < -0.3 is 20.3 Å². The molecule has 7 nitrogen and oxygen atoms in total. The maximum atomic E-state index is 12.0. The number of carbonyl (C=O) groups is 1. The van der Waals surface area contributed by atoms with E-state index in [2.05, 4.69) is 32.4 Å². The van der Waals surface area contributed by atoms with Crippen LogP contribution < -0.4 is 15.5 Å². The van der Waals surface area contributed by atoms with Gasteiger partial charge in [0, 0.05) is 50.6 Å². The second-order valence-corrected chi connectivity index (χ2v) is 7.92. The van der Waals surface area contributed by atoms with Crippen LogP contribution in [0.4, 0.5) is 5.82 Å². The summed E-state index contributed by atoms with van der Waals surface area (Å²) in [6.45, 7) is 8.86. The molecule has 2 aliphatic rings. The molecule has 1 aliphatic carbocycles. The van der Waals surface area contributed by atoms with Gasteiger partial charge in [0.15, 0.2) is 0 Å². The Balaban J connectivity index is 1.72. The molecule has 3 rings (SSSR count). The molecule has 0 aromatic carbocycles. The van der Waals surface area contributed by atoms with Crippen molar-refractivity contribution in [1.82, 2.24) is 20.6 Å². The first-order valence-corrected chi connectivity index (χ1v) is 9.45. The fourth-order valence-corrected chi connectivity index (χ4v) is 3.67. The summed E-state index contributed by atoms with van der Waals surface area (Å²) in [6, 6.07) is 0.804. The molecule has 26 heavy (non-hydrogen) atoms. The van der Waals surface area contributed by atoms with Gasteiger partial charge in [0.1, 0.15) is 5.82 Å². The van der Waals surface area contributed by atoms with Gasteiger partial charge in [-0.1, -0.05) is 6.92 Å². The van der Waals surface area contributed by atoms with Crippen molar-refractivity contribution >= 4 is 11.7 Å². The second kappa shape index (κ2) is 7.48. The average Bonchev–Trinajstić information content (AvgIpc) is 3.20. The van der Waals surface area contributed by atoms with Crippen LogP contribution in [0.1, 0.15) is 48.1 Å². The van der Waals surface area contributed by atoms with Crippen LogP contribution in [-0.4, -0.2) is 61.8 Å². The highest BCUT2D eigenvalue weighted by atomic mass is 16.5. The summed E-state index contributed by atoms with van der Waals surface area (Å²) in [5, 5.41) is 6.42. The van der Waals surface area contributed by atoms with E-state index in [4.69, 9.17) is 4.74 Å². The van der Waals surface area contributed by atoms with Crippen molar-refractivity contribution in [1.29, 1.82) is 0 Å². The van der Waals surface area contributed by atoms with Crippen molar-refractivity contribution in [3.05, 3.63) is 17.1 Å². The minimum absolute atomic E-state index is 0.241. The van der Waals surface area contributed by atoms with Gasteiger partial charge in [0.05, 0.1) is 6.61 Å². The van der Waals surface area contributed by atoms with E-state index < -0.39 is 0 Å². The Bertz CT molecular complexity index is 674. The lowest BCUT2D eigenvalue weighted by atomic mass is 9.98. The molecular weight excluding hydrogens is 330 g/mol. The molecular formula is C19H31N5O2. The summed E-state index contributed by atoms with van der Waals surface area (Å²) in [4.78, 5) is 23.1. The van der Waals surface area contributed by atoms with Crippen LogP contribution in [0.2, 0.25) is 0 Å². The van der Waals surface area contributed by atoms with E-state index in [0.717, 1.165) is 43.2 Å². The zero-order valence-electron chi connectivity index (χ0n) is 16.6. The zero-order valence-corrected chi connectivity index (χ0v) is 16.6. The summed E-state index contributed by atoms with van der Waals surface area (Å²) in [6.07, 6.45) is 3.60. The third kappa shape index (κ3) is 3.83. The monoisotopic (exact) mass is 361 g/mol. The second-order valence-electron chi connectivity index (χ2n) is 7.92. The Labute approximate surface area is 155 Å². The highest BCUT2D eigenvalue weighted by Crippen LogP contribution is 2.48. The first-order chi connectivity index (χ1) is 12.4. The smallest absolute Gasteiger partial charge is 0.288 e. The molecule has 1 amide bonds. The third-order valence-corrected chi connectivity index (χ3v) is 5.93. The number of amides is 1. The topological polar surface area (TPSA) is 79.4 Å². The van der Waals surface area contributed by atoms with Crippen LogP contribution in [0.5, 0.6) is 0 Å². The highest BCUT2D eigenvalue weighted by molar-refractivity contribution is 5.90. The lowest BCUT2D eigenvalue weighted by Gasteiger charge is -2.28. The number of aromatic nitrogens is 2. The maximum Gasteiger partial charge on any atom is 0.288 e. The predicted octanol–water partition coefficient (Wildman–Crippen LogP) is 1.44. The number of ether oxygens (including phenoxy) is 1. The van der Waals surface area contributed by atoms with Gasteiger partial charge in [-0.2, -0.15) is 0 Å². The number of methoxy groups -OCH3 is 1. The molecule has 144 valence electrons. The van der Waals surface area contributed by atoms with Crippen molar-refractivity contribution in [3.8, 4) is 0 Å². The molecule has 1 unspecified atom stereocenters. The molecule has 2 N–H and O–H groups in total.